The van der Waals surface area contributed by atoms with Crippen molar-refractivity contribution in [2.24, 2.45) is 0 Å². The number of aromatic nitrogens is 2. The molecule has 0 aliphatic carbocycles. The van der Waals surface area contributed by atoms with E-state index in [0.717, 1.165) is 11.3 Å². The molecule has 1 aromatic heterocycles. The van der Waals surface area contributed by atoms with E-state index in [1.807, 2.05) is 20.8 Å². The third kappa shape index (κ3) is 3.41. The topological polar surface area (TPSA) is 75.6 Å². The number of carbonyl (C=O) groups is 2. The molecule has 0 radical (unpaired) electrons. The van der Waals surface area contributed by atoms with Crippen LogP contribution in [0.3, 0.4) is 0 Å². The van der Waals surface area contributed by atoms with E-state index in [2.05, 4.69) is 22.6 Å². The van der Waals surface area contributed by atoms with Crippen molar-refractivity contribution in [3.63, 3.8) is 0 Å². The number of hydrogen-bond donors (Lipinski definition) is 1. The molecule has 3 rings (SSSR count). The first-order valence-corrected chi connectivity index (χ1v) is 8.06. The van der Waals surface area contributed by atoms with Gasteiger partial charge in [0, 0.05) is 30.0 Å². The molecule has 1 saturated heterocycles. The summed E-state index contributed by atoms with van der Waals surface area (Å²) in [5.74, 6) is 0.364. The number of carbonyl (C=O) groups excluding carboxylic acids is 2. The van der Waals surface area contributed by atoms with Crippen LogP contribution in [0.5, 0.6) is 0 Å². The number of amides is 2. The molecule has 7 nitrogen and oxygen atoms in total. The van der Waals surface area contributed by atoms with Gasteiger partial charge in [0.25, 0.3) is 0 Å². The second-order valence-electron chi connectivity index (χ2n) is 6.84. The molecule has 1 atom stereocenters. The molecule has 23 heavy (non-hydrogen) atoms. The third-order valence-corrected chi connectivity index (χ3v) is 3.99. The minimum Gasteiger partial charge on any atom is -0.444 e. The molecule has 0 saturated carbocycles. The minimum atomic E-state index is -0.535. The van der Waals surface area contributed by atoms with E-state index in [1.165, 1.54) is 0 Å². The average Bonchev–Trinajstić information content (AvgIpc) is 2.99. The molecule has 0 bridgehead atoms. The van der Waals surface area contributed by atoms with Crippen molar-refractivity contribution in [1.82, 2.24) is 14.9 Å². The van der Waals surface area contributed by atoms with Crippen molar-refractivity contribution in [2.75, 3.05) is 11.4 Å². The maximum atomic E-state index is 12.1. The predicted molar refractivity (Wildman–Crippen MR) is 87.3 cm³/mol. The molecule has 1 aromatic rings. The third-order valence-electron chi connectivity index (χ3n) is 3.64. The Balaban J connectivity index is 1.74. The van der Waals surface area contributed by atoms with Gasteiger partial charge in [-0.05, 0) is 20.8 Å². The van der Waals surface area contributed by atoms with Crippen molar-refractivity contribution in [1.29, 1.82) is 0 Å². The van der Waals surface area contributed by atoms with E-state index in [4.69, 9.17) is 4.74 Å². The highest BCUT2D eigenvalue weighted by Gasteiger charge is 2.33. The Morgan fingerprint density at radius 2 is 2.13 bits per heavy atom. The molecular formula is C15H20N4O3S. The molecule has 0 aromatic carbocycles. The number of nitrogens with zero attached hydrogens (tertiary/aromatic N) is 4. The number of fused-ring (bicyclic) bond motifs is 1. The van der Waals surface area contributed by atoms with Crippen LogP contribution in [0.15, 0.2) is 6.20 Å². The highest BCUT2D eigenvalue weighted by Crippen LogP contribution is 2.26. The molecule has 2 aliphatic heterocycles. The van der Waals surface area contributed by atoms with Crippen LogP contribution in [-0.2, 0) is 22.6 Å². The number of ether oxygens (including phenoxy) is 1. The first kappa shape index (κ1) is 16.0. The zero-order chi connectivity index (χ0) is 16.8. The van der Waals surface area contributed by atoms with Crippen LogP contribution in [0.1, 0.15) is 38.4 Å². The van der Waals surface area contributed by atoms with E-state index in [0.29, 0.717) is 32.0 Å². The Bertz CT molecular complexity index is 659. The maximum absolute atomic E-state index is 12.1. The highest BCUT2D eigenvalue weighted by atomic mass is 32.1. The molecule has 0 N–H and O–H groups in total. The summed E-state index contributed by atoms with van der Waals surface area (Å²) in [6, 6.07) is 0. The van der Waals surface area contributed by atoms with Crippen molar-refractivity contribution >= 4 is 30.6 Å². The molecule has 1 fully saturated rings. The van der Waals surface area contributed by atoms with Crippen molar-refractivity contribution in [2.45, 2.75) is 51.1 Å². The number of rotatable bonds is 1. The Morgan fingerprint density at radius 1 is 1.39 bits per heavy atom. The van der Waals surface area contributed by atoms with Gasteiger partial charge >= 0.3 is 6.09 Å². The van der Waals surface area contributed by atoms with Crippen LogP contribution >= 0.6 is 12.6 Å². The summed E-state index contributed by atoms with van der Waals surface area (Å²) in [7, 11) is 0. The van der Waals surface area contributed by atoms with E-state index in [-0.39, 0.29) is 17.3 Å². The number of anilines is 1. The highest BCUT2D eigenvalue weighted by molar-refractivity contribution is 7.81. The fraction of sp³-hybridized carbons (Fsp3) is 0.600. The first-order valence-electron chi connectivity index (χ1n) is 7.54. The Labute approximate surface area is 140 Å². The summed E-state index contributed by atoms with van der Waals surface area (Å²) in [5, 5.41) is 0.0117. The smallest absolute Gasteiger partial charge is 0.410 e. The molecule has 1 unspecified atom stereocenters. The van der Waals surface area contributed by atoms with E-state index in [1.54, 1.807) is 16.0 Å². The molecule has 0 spiro atoms. The number of hydrogen-bond acceptors (Lipinski definition) is 6. The van der Waals surface area contributed by atoms with Crippen molar-refractivity contribution < 1.29 is 14.3 Å². The van der Waals surface area contributed by atoms with E-state index < -0.39 is 5.60 Å². The normalized spacial score (nSPS) is 20.9. The lowest BCUT2D eigenvalue weighted by atomic mass is 10.2. The zero-order valence-corrected chi connectivity index (χ0v) is 14.3. The van der Waals surface area contributed by atoms with Crippen LogP contribution in [0.2, 0.25) is 0 Å². The first-order chi connectivity index (χ1) is 10.7. The summed E-state index contributed by atoms with van der Waals surface area (Å²) in [4.78, 5) is 35.9. The lowest BCUT2D eigenvalue weighted by Crippen LogP contribution is -2.33. The Kier molecular flexibility index (Phi) is 3.95. The molecule has 8 heteroatoms. The summed E-state index contributed by atoms with van der Waals surface area (Å²) in [6.07, 6.45) is 1.71. The largest absolute Gasteiger partial charge is 0.444 e. The summed E-state index contributed by atoms with van der Waals surface area (Å²) < 4.78 is 5.38. The minimum absolute atomic E-state index is 0.0117. The van der Waals surface area contributed by atoms with Gasteiger partial charge in [-0.25, -0.2) is 14.8 Å². The SMILES string of the molecule is CC(C)(C)OC(=O)N1Cc2cnc(N3CC(S)CC3=O)nc2C1. The van der Waals surface area contributed by atoms with Crippen molar-refractivity contribution in [3.8, 4) is 0 Å². The van der Waals surface area contributed by atoms with Crippen LogP contribution < -0.4 is 4.90 Å². The standard InChI is InChI=1S/C15H20N4O3S/c1-15(2,3)22-14(21)18-6-9-5-16-13(17-11(9)8-18)19-7-10(23)4-12(19)20/h5,10,23H,4,6-8H2,1-3H3. The van der Waals surface area contributed by atoms with Gasteiger partial charge in [0.2, 0.25) is 11.9 Å². The zero-order valence-electron chi connectivity index (χ0n) is 13.4. The van der Waals surface area contributed by atoms with E-state index >= 15 is 0 Å². The molecule has 124 valence electrons. The van der Waals surface area contributed by atoms with Gasteiger partial charge in [-0.3, -0.25) is 14.6 Å². The van der Waals surface area contributed by atoms with Crippen LogP contribution in [0.4, 0.5) is 10.7 Å². The van der Waals surface area contributed by atoms with Crippen molar-refractivity contribution in [3.05, 3.63) is 17.5 Å². The van der Waals surface area contributed by atoms with Crippen LogP contribution in [0, 0.1) is 0 Å². The van der Waals surface area contributed by atoms with Gasteiger partial charge in [-0.2, -0.15) is 12.6 Å². The quantitative estimate of drug-likeness (QED) is 0.791. The molecule has 2 aliphatic rings. The predicted octanol–water partition coefficient (Wildman–Crippen LogP) is 1.76. The summed E-state index contributed by atoms with van der Waals surface area (Å²) >= 11 is 4.34. The van der Waals surface area contributed by atoms with Gasteiger partial charge in [0.1, 0.15) is 5.60 Å². The summed E-state index contributed by atoms with van der Waals surface area (Å²) in [5.41, 5.74) is 1.11. The fourth-order valence-electron chi connectivity index (χ4n) is 2.61. The summed E-state index contributed by atoms with van der Waals surface area (Å²) in [6.45, 7) is 6.80. The maximum Gasteiger partial charge on any atom is 0.410 e. The average molecular weight is 336 g/mol. The Morgan fingerprint density at radius 3 is 2.74 bits per heavy atom. The lowest BCUT2D eigenvalue weighted by Gasteiger charge is -2.23. The van der Waals surface area contributed by atoms with E-state index in [9.17, 15) is 9.59 Å². The monoisotopic (exact) mass is 336 g/mol. The Hall–Kier alpha value is -1.83. The van der Waals surface area contributed by atoms with Crippen LogP contribution in [0.25, 0.3) is 0 Å². The molecule has 2 amide bonds. The molecule has 3 heterocycles. The second-order valence-corrected chi connectivity index (χ2v) is 7.57. The molecular weight excluding hydrogens is 316 g/mol. The van der Waals surface area contributed by atoms with Gasteiger partial charge in [-0.1, -0.05) is 0 Å². The van der Waals surface area contributed by atoms with Crippen LogP contribution in [-0.4, -0.2) is 44.3 Å². The van der Waals surface area contributed by atoms with Gasteiger partial charge in [0.05, 0.1) is 18.8 Å². The number of thiol groups is 1. The fourth-order valence-corrected chi connectivity index (χ4v) is 2.93. The van der Waals surface area contributed by atoms with Gasteiger partial charge in [-0.15, -0.1) is 0 Å². The lowest BCUT2D eigenvalue weighted by molar-refractivity contribution is -0.117. The van der Waals surface area contributed by atoms with Gasteiger partial charge in [0.15, 0.2) is 0 Å². The van der Waals surface area contributed by atoms with Gasteiger partial charge < -0.3 is 4.74 Å². The second kappa shape index (κ2) is 5.67.